The summed E-state index contributed by atoms with van der Waals surface area (Å²) in [6, 6.07) is 17.8. The number of H-pyrrole nitrogens is 2. The molecule has 7 rings (SSSR count). The van der Waals surface area contributed by atoms with Gasteiger partial charge in [0.2, 0.25) is 11.8 Å². The maximum atomic E-state index is 14.0. The first-order chi connectivity index (χ1) is 28.2. The molecule has 0 saturated carbocycles. The van der Waals surface area contributed by atoms with Gasteiger partial charge in [-0.3, -0.25) is 9.59 Å². The van der Waals surface area contributed by atoms with Gasteiger partial charge in [0.1, 0.15) is 23.7 Å². The average molecular weight is 822 g/mol. The molecule has 4 N–H and O–H groups in total. The Morgan fingerprint density at radius 2 is 1.56 bits per heavy atom. The fourth-order valence-corrected chi connectivity index (χ4v) is 11.4. The van der Waals surface area contributed by atoms with Crippen LogP contribution in [0.4, 0.5) is 9.59 Å². The first-order valence-electron chi connectivity index (χ1n) is 20.2. The molecule has 16 heteroatoms. The van der Waals surface area contributed by atoms with E-state index >= 15 is 0 Å². The van der Waals surface area contributed by atoms with E-state index in [-0.39, 0.29) is 29.8 Å². The third-order valence-corrected chi connectivity index (χ3v) is 14.2. The number of imidazole rings is 2. The Bertz CT molecular complexity index is 2360. The summed E-state index contributed by atoms with van der Waals surface area (Å²) < 4.78 is 9.61. The summed E-state index contributed by atoms with van der Waals surface area (Å²) >= 11 is 0. The molecule has 4 heterocycles. The molecule has 0 unspecified atom stereocenters. The molecule has 2 fully saturated rings. The Labute approximate surface area is 345 Å². The molecule has 0 radical (unpaired) electrons. The van der Waals surface area contributed by atoms with E-state index in [9.17, 15) is 19.2 Å². The highest BCUT2D eigenvalue weighted by molar-refractivity contribution is 6.78. The normalized spacial score (nSPS) is 18.7. The summed E-state index contributed by atoms with van der Waals surface area (Å²) in [6.45, 7) is 9.31. The minimum atomic E-state index is -1.79. The van der Waals surface area contributed by atoms with E-state index in [1.54, 1.807) is 0 Å². The number of methoxy groups -OCH3 is 2. The van der Waals surface area contributed by atoms with Gasteiger partial charge in [-0.15, -0.1) is 0 Å². The van der Waals surface area contributed by atoms with Crippen LogP contribution in [-0.4, -0.2) is 126 Å². The van der Waals surface area contributed by atoms with Gasteiger partial charge in [-0.25, -0.2) is 19.6 Å². The highest BCUT2D eigenvalue weighted by Crippen LogP contribution is 2.39. The van der Waals surface area contributed by atoms with E-state index < -0.39 is 32.3 Å². The van der Waals surface area contributed by atoms with Crippen LogP contribution in [0.1, 0.15) is 50.4 Å². The van der Waals surface area contributed by atoms with Crippen molar-refractivity contribution in [2.75, 3.05) is 47.6 Å². The van der Waals surface area contributed by atoms with Crippen molar-refractivity contribution in [1.82, 2.24) is 45.3 Å². The lowest BCUT2D eigenvalue weighted by Crippen LogP contribution is -2.53. The van der Waals surface area contributed by atoms with Crippen molar-refractivity contribution in [2.24, 2.45) is 5.92 Å². The number of hydrogen-bond acceptors (Lipinski definition) is 9. The zero-order valence-corrected chi connectivity index (χ0v) is 36.1. The number of ether oxygens (including phenoxy) is 2. The van der Waals surface area contributed by atoms with Crippen molar-refractivity contribution in [3.8, 4) is 22.4 Å². The standard InChI is InChI=1S/C43H55N9O6Si/c1-25(2)36(49-43(56)58-6)41(54)51-19-9-10-34(51)38-44-21-32(46-38)27-13-11-26(12-14-27)28-15-17-30-29(20-28)16-18-31-37(30)48-39(45-31)35-23-59(7,8)24-52(35)40(53)33(22-50(3)4)47-42(55)57-5/h11-18,20-21,25,33-36H,9-10,19,22-24H2,1-8H3,(H,44,46)(H,45,48)(H,47,55)(H,49,56)/t33-,34-,35-,36-/m0/s1. The molecule has 4 atom stereocenters. The largest absolute Gasteiger partial charge is 0.453 e. The van der Waals surface area contributed by atoms with Crippen molar-refractivity contribution in [1.29, 1.82) is 0 Å². The summed E-state index contributed by atoms with van der Waals surface area (Å²) in [4.78, 5) is 74.2. The molecular weight excluding hydrogens is 767 g/mol. The second-order valence-electron chi connectivity index (χ2n) is 17.1. The van der Waals surface area contributed by atoms with E-state index in [0.29, 0.717) is 19.3 Å². The van der Waals surface area contributed by atoms with Crippen LogP contribution in [0, 0.1) is 5.92 Å². The van der Waals surface area contributed by atoms with Gasteiger partial charge in [0.05, 0.1) is 57.3 Å². The minimum absolute atomic E-state index is 0.109. The van der Waals surface area contributed by atoms with E-state index in [2.05, 4.69) is 82.2 Å². The zero-order valence-electron chi connectivity index (χ0n) is 35.1. The van der Waals surface area contributed by atoms with E-state index in [1.807, 2.05) is 54.9 Å². The Hall–Kier alpha value is -5.74. The van der Waals surface area contributed by atoms with Crippen molar-refractivity contribution >= 4 is 53.9 Å². The first-order valence-corrected chi connectivity index (χ1v) is 23.6. The number of benzene rings is 3. The molecule has 59 heavy (non-hydrogen) atoms. The summed E-state index contributed by atoms with van der Waals surface area (Å²) in [5, 5.41) is 7.55. The van der Waals surface area contributed by atoms with Gasteiger partial charge in [-0.2, -0.15) is 0 Å². The first kappa shape index (κ1) is 41.4. The quantitative estimate of drug-likeness (QED) is 0.112. The van der Waals surface area contributed by atoms with Crippen LogP contribution >= 0.6 is 0 Å². The lowest BCUT2D eigenvalue weighted by molar-refractivity contribution is -0.135. The summed E-state index contributed by atoms with van der Waals surface area (Å²) in [5.74, 6) is 1.09. The second kappa shape index (κ2) is 16.9. The molecule has 312 valence electrons. The Morgan fingerprint density at radius 1 is 0.864 bits per heavy atom. The van der Waals surface area contributed by atoms with Crippen LogP contribution in [0.15, 0.2) is 60.8 Å². The molecule has 0 bridgehead atoms. The summed E-state index contributed by atoms with van der Waals surface area (Å²) in [6.07, 6.45) is 2.84. The number of likely N-dealkylation sites (N-methyl/N-ethyl adjacent to an activating group) is 1. The van der Waals surface area contributed by atoms with Crippen LogP contribution in [-0.2, 0) is 19.1 Å². The number of carbonyl (C=O) groups is 4. The van der Waals surface area contributed by atoms with Gasteiger partial charge in [-0.1, -0.05) is 69.4 Å². The number of aromatic nitrogens is 4. The molecule has 4 amide bonds. The number of amides is 4. The number of nitrogens with zero attached hydrogens (tertiary/aromatic N) is 5. The van der Waals surface area contributed by atoms with E-state index in [1.165, 1.54) is 14.2 Å². The molecule has 2 aliphatic rings. The van der Waals surface area contributed by atoms with Crippen LogP contribution in [0.3, 0.4) is 0 Å². The predicted octanol–water partition coefficient (Wildman–Crippen LogP) is 6.23. The van der Waals surface area contributed by atoms with E-state index in [4.69, 9.17) is 19.4 Å². The maximum absolute atomic E-state index is 14.0. The van der Waals surface area contributed by atoms with Crippen LogP contribution < -0.4 is 10.6 Å². The van der Waals surface area contributed by atoms with Gasteiger partial charge >= 0.3 is 12.2 Å². The van der Waals surface area contributed by atoms with Gasteiger partial charge in [0, 0.05) is 24.6 Å². The number of carbonyl (C=O) groups excluding carboxylic acids is 4. The number of rotatable bonds is 11. The van der Waals surface area contributed by atoms with Crippen LogP contribution in [0.5, 0.6) is 0 Å². The van der Waals surface area contributed by atoms with Crippen molar-refractivity contribution in [2.45, 2.75) is 70.0 Å². The van der Waals surface area contributed by atoms with Crippen LogP contribution in [0.25, 0.3) is 44.2 Å². The monoisotopic (exact) mass is 821 g/mol. The van der Waals surface area contributed by atoms with Crippen LogP contribution in [0.2, 0.25) is 19.1 Å². The fourth-order valence-electron chi connectivity index (χ4n) is 8.55. The Morgan fingerprint density at radius 3 is 2.25 bits per heavy atom. The molecule has 2 aliphatic heterocycles. The SMILES string of the molecule is COC(=O)N[C@@H](CN(C)C)C(=O)N1C[Si](C)(C)C[C@H]1c1nc2ccc3cc(-c4ccc(-c5cnc([C@@H]6CCCN6C(=O)[C@@H](NC(=O)OC)C(C)C)[nH]5)cc4)ccc3c2[nH]1. The van der Waals surface area contributed by atoms with Crippen molar-refractivity contribution in [3.63, 3.8) is 0 Å². The second-order valence-corrected chi connectivity index (χ2v) is 22.2. The maximum Gasteiger partial charge on any atom is 0.407 e. The summed E-state index contributed by atoms with van der Waals surface area (Å²) in [7, 11) is 4.54. The lowest BCUT2D eigenvalue weighted by atomic mass is 9.99. The molecular formula is C43H55N9O6Si. The molecule has 2 aromatic heterocycles. The van der Waals surface area contributed by atoms with Crippen molar-refractivity contribution in [3.05, 3.63) is 72.4 Å². The molecule has 5 aromatic rings. The fraction of sp³-hybridized carbons (Fsp3) is 0.442. The number of aromatic amines is 2. The molecule has 0 spiro atoms. The molecule has 0 aliphatic carbocycles. The number of nitrogens with one attached hydrogen (secondary N) is 4. The third-order valence-electron chi connectivity index (χ3n) is 11.5. The Balaban J connectivity index is 1.09. The van der Waals surface area contributed by atoms with Crippen molar-refractivity contribution < 1.29 is 28.7 Å². The topological polar surface area (TPSA) is 178 Å². The third kappa shape index (κ3) is 8.69. The number of likely N-dealkylation sites (tertiary alicyclic amines) is 1. The molecule has 15 nitrogen and oxygen atoms in total. The predicted molar refractivity (Wildman–Crippen MR) is 229 cm³/mol. The summed E-state index contributed by atoms with van der Waals surface area (Å²) in [5.41, 5.74) is 5.72. The number of fused-ring (bicyclic) bond motifs is 3. The minimum Gasteiger partial charge on any atom is -0.453 e. The smallest absolute Gasteiger partial charge is 0.407 e. The van der Waals surface area contributed by atoms with Gasteiger partial charge in [0.25, 0.3) is 0 Å². The van der Waals surface area contributed by atoms with E-state index in [0.717, 1.165) is 74.7 Å². The molecule has 2 saturated heterocycles. The number of alkyl carbamates (subject to hydrolysis) is 2. The number of hydrogen-bond donors (Lipinski definition) is 4. The highest BCUT2D eigenvalue weighted by Gasteiger charge is 2.45. The van der Waals surface area contributed by atoms with Gasteiger partial charge in [-0.05, 0) is 73.1 Å². The van der Waals surface area contributed by atoms with Gasteiger partial charge < -0.3 is 44.8 Å². The molecule has 3 aromatic carbocycles. The van der Waals surface area contributed by atoms with Gasteiger partial charge in [0.15, 0.2) is 0 Å². The average Bonchev–Trinajstić information content (AvgIpc) is 4.04. The zero-order chi connectivity index (χ0) is 42.2. The highest BCUT2D eigenvalue weighted by atomic mass is 28.3. The lowest BCUT2D eigenvalue weighted by Gasteiger charge is -2.30. The Kier molecular flexibility index (Phi) is 11.8.